The highest BCUT2D eigenvalue weighted by molar-refractivity contribution is 7.91. The molecule has 1 unspecified atom stereocenters. The maximum absolute atomic E-state index is 11.8. The first kappa shape index (κ1) is 15.6. The van der Waals surface area contributed by atoms with Crippen LogP contribution in [-0.2, 0) is 9.84 Å². The fraction of sp³-hybridized carbons (Fsp3) is 0.923. The first-order chi connectivity index (χ1) is 9.37. The Hall–Kier alpha value is -0.820. The first-order valence-electron chi connectivity index (χ1n) is 7.27. The Labute approximate surface area is 121 Å². The number of carbonyl (C=O) groups is 1. The lowest BCUT2D eigenvalue weighted by molar-refractivity contribution is 0.152. The fourth-order valence-corrected chi connectivity index (χ4v) is 4.79. The van der Waals surface area contributed by atoms with Gasteiger partial charge in [0.2, 0.25) is 0 Å². The van der Waals surface area contributed by atoms with Crippen molar-refractivity contribution >= 4 is 15.9 Å². The van der Waals surface area contributed by atoms with Gasteiger partial charge in [-0.15, -0.1) is 0 Å². The average molecular weight is 303 g/mol. The van der Waals surface area contributed by atoms with Gasteiger partial charge < -0.3 is 15.1 Å². The minimum atomic E-state index is -2.78. The summed E-state index contributed by atoms with van der Waals surface area (Å²) in [5.41, 5.74) is 0. The number of hydrogen-bond acceptors (Lipinski definition) is 4. The van der Waals surface area contributed by atoms with Crippen molar-refractivity contribution in [3.63, 3.8) is 0 Å². The molecule has 0 saturated carbocycles. The molecule has 2 rings (SSSR count). The Bertz CT molecular complexity index is 442. The van der Waals surface area contributed by atoms with Gasteiger partial charge in [0, 0.05) is 33.2 Å². The zero-order valence-corrected chi connectivity index (χ0v) is 13.2. The van der Waals surface area contributed by atoms with Crippen molar-refractivity contribution in [3.8, 4) is 0 Å². The number of rotatable bonds is 3. The standard InChI is InChI=1S/C13H25N3O3S/c1-15(2)13(17)16-6-3-12(4-7-16)14-9-11-5-8-20(18,19)10-11/h11-12,14H,3-10H2,1-2H3. The summed E-state index contributed by atoms with van der Waals surface area (Å²) >= 11 is 0. The van der Waals surface area contributed by atoms with Gasteiger partial charge in [0.05, 0.1) is 11.5 Å². The largest absolute Gasteiger partial charge is 0.331 e. The van der Waals surface area contributed by atoms with Crippen molar-refractivity contribution in [2.75, 3.05) is 45.2 Å². The molecule has 2 aliphatic rings. The van der Waals surface area contributed by atoms with E-state index in [1.807, 2.05) is 4.90 Å². The van der Waals surface area contributed by atoms with Crippen LogP contribution in [0.15, 0.2) is 0 Å². The minimum Gasteiger partial charge on any atom is -0.331 e. The molecule has 2 saturated heterocycles. The second-order valence-electron chi connectivity index (χ2n) is 6.12. The molecule has 1 atom stereocenters. The Morgan fingerprint density at radius 1 is 1.25 bits per heavy atom. The summed E-state index contributed by atoms with van der Waals surface area (Å²) in [7, 11) is 0.766. The van der Waals surface area contributed by atoms with E-state index in [1.54, 1.807) is 19.0 Å². The number of piperidine rings is 1. The fourth-order valence-electron chi connectivity index (χ4n) is 2.92. The van der Waals surface area contributed by atoms with Crippen LogP contribution in [0.1, 0.15) is 19.3 Å². The van der Waals surface area contributed by atoms with E-state index >= 15 is 0 Å². The number of urea groups is 1. The number of sulfone groups is 1. The molecular weight excluding hydrogens is 278 g/mol. The molecule has 0 spiro atoms. The molecule has 0 bridgehead atoms. The quantitative estimate of drug-likeness (QED) is 0.806. The van der Waals surface area contributed by atoms with Crippen molar-refractivity contribution in [3.05, 3.63) is 0 Å². The van der Waals surface area contributed by atoms with Crippen LogP contribution < -0.4 is 5.32 Å². The third-order valence-electron chi connectivity index (χ3n) is 4.17. The van der Waals surface area contributed by atoms with Crippen LogP contribution >= 0.6 is 0 Å². The summed E-state index contributed by atoms with van der Waals surface area (Å²) in [5.74, 6) is 0.939. The van der Waals surface area contributed by atoms with Crippen LogP contribution in [0.5, 0.6) is 0 Å². The van der Waals surface area contributed by atoms with Crippen molar-refractivity contribution in [2.45, 2.75) is 25.3 Å². The van der Waals surface area contributed by atoms with Crippen molar-refractivity contribution in [2.24, 2.45) is 5.92 Å². The Morgan fingerprint density at radius 3 is 2.40 bits per heavy atom. The van der Waals surface area contributed by atoms with Crippen molar-refractivity contribution in [1.29, 1.82) is 0 Å². The van der Waals surface area contributed by atoms with E-state index in [4.69, 9.17) is 0 Å². The molecule has 0 radical (unpaired) electrons. The lowest BCUT2D eigenvalue weighted by Gasteiger charge is -2.34. The summed E-state index contributed by atoms with van der Waals surface area (Å²) in [6.45, 7) is 2.33. The highest BCUT2D eigenvalue weighted by atomic mass is 32.2. The molecule has 116 valence electrons. The number of hydrogen-bond donors (Lipinski definition) is 1. The van der Waals surface area contributed by atoms with E-state index in [9.17, 15) is 13.2 Å². The Kier molecular flexibility index (Phi) is 4.90. The van der Waals surface area contributed by atoms with E-state index in [1.165, 1.54) is 0 Å². The lowest BCUT2D eigenvalue weighted by Crippen LogP contribution is -2.48. The molecule has 1 N–H and O–H groups in total. The van der Waals surface area contributed by atoms with Gasteiger partial charge >= 0.3 is 6.03 Å². The summed E-state index contributed by atoms with van der Waals surface area (Å²) in [4.78, 5) is 15.3. The zero-order chi connectivity index (χ0) is 14.8. The van der Waals surface area contributed by atoms with Gasteiger partial charge in [-0.2, -0.15) is 0 Å². The van der Waals surface area contributed by atoms with E-state index in [-0.39, 0.29) is 11.9 Å². The molecule has 0 aromatic rings. The highest BCUT2D eigenvalue weighted by Gasteiger charge is 2.29. The molecule has 7 heteroatoms. The summed E-state index contributed by atoms with van der Waals surface area (Å²) in [6.07, 6.45) is 2.67. The van der Waals surface area contributed by atoms with Gasteiger partial charge in [-0.25, -0.2) is 13.2 Å². The van der Waals surface area contributed by atoms with E-state index in [0.29, 0.717) is 17.5 Å². The zero-order valence-electron chi connectivity index (χ0n) is 12.3. The monoisotopic (exact) mass is 303 g/mol. The third-order valence-corrected chi connectivity index (χ3v) is 6.01. The number of amides is 2. The van der Waals surface area contributed by atoms with E-state index < -0.39 is 9.84 Å². The van der Waals surface area contributed by atoms with Crippen molar-refractivity contribution < 1.29 is 13.2 Å². The molecule has 20 heavy (non-hydrogen) atoms. The van der Waals surface area contributed by atoms with Gasteiger partial charge in [-0.1, -0.05) is 0 Å². The molecule has 2 aliphatic heterocycles. The minimum absolute atomic E-state index is 0.0744. The second-order valence-corrected chi connectivity index (χ2v) is 8.34. The molecule has 6 nitrogen and oxygen atoms in total. The van der Waals surface area contributed by atoms with Gasteiger partial charge in [0.1, 0.15) is 0 Å². The van der Waals surface area contributed by atoms with Gasteiger partial charge in [0.25, 0.3) is 0 Å². The molecular formula is C13H25N3O3S. The van der Waals surface area contributed by atoms with Gasteiger partial charge in [-0.05, 0) is 31.7 Å². The summed E-state index contributed by atoms with van der Waals surface area (Å²) < 4.78 is 22.8. The predicted molar refractivity (Wildman–Crippen MR) is 78.4 cm³/mol. The second kappa shape index (κ2) is 6.30. The number of nitrogens with one attached hydrogen (secondary N) is 1. The van der Waals surface area contributed by atoms with Crippen LogP contribution in [0.4, 0.5) is 4.79 Å². The SMILES string of the molecule is CN(C)C(=O)N1CCC(NCC2CCS(=O)(=O)C2)CC1. The van der Waals surface area contributed by atoms with Crippen LogP contribution in [0.25, 0.3) is 0 Å². The van der Waals surface area contributed by atoms with Gasteiger partial charge in [0.15, 0.2) is 9.84 Å². The normalized spacial score (nSPS) is 26.7. The van der Waals surface area contributed by atoms with Crippen LogP contribution in [0.3, 0.4) is 0 Å². The first-order valence-corrected chi connectivity index (χ1v) is 9.09. The molecule has 0 aromatic carbocycles. The van der Waals surface area contributed by atoms with Crippen LogP contribution in [0.2, 0.25) is 0 Å². The Morgan fingerprint density at radius 2 is 1.90 bits per heavy atom. The summed E-state index contributed by atoms with van der Waals surface area (Å²) in [6, 6.07) is 0.481. The highest BCUT2D eigenvalue weighted by Crippen LogP contribution is 2.18. The third kappa shape index (κ3) is 4.09. The molecule has 2 heterocycles. The predicted octanol–water partition coefficient (Wildman–Crippen LogP) is 0.157. The smallest absolute Gasteiger partial charge is 0.319 e. The number of likely N-dealkylation sites (tertiary alicyclic amines) is 1. The summed E-state index contributed by atoms with van der Waals surface area (Å²) in [5, 5.41) is 3.47. The van der Waals surface area contributed by atoms with Crippen LogP contribution in [-0.4, -0.2) is 75.5 Å². The maximum Gasteiger partial charge on any atom is 0.319 e. The van der Waals surface area contributed by atoms with Gasteiger partial charge in [-0.3, -0.25) is 0 Å². The molecule has 0 aliphatic carbocycles. The number of nitrogens with zero attached hydrogens (tertiary/aromatic N) is 2. The van der Waals surface area contributed by atoms with Crippen molar-refractivity contribution in [1.82, 2.24) is 15.1 Å². The van der Waals surface area contributed by atoms with Crippen LogP contribution in [0, 0.1) is 5.92 Å². The number of carbonyl (C=O) groups excluding carboxylic acids is 1. The molecule has 0 aromatic heterocycles. The van der Waals surface area contributed by atoms with E-state index in [2.05, 4.69) is 5.32 Å². The average Bonchev–Trinajstić information content (AvgIpc) is 2.75. The van der Waals surface area contributed by atoms with E-state index in [0.717, 1.165) is 38.9 Å². The molecule has 2 fully saturated rings. The lowest BCUT2D eigenvalue weighted by atomic mass is 10.0. The Balaban J connectivity index is 1.69. The molecule has 2 amide bonds. The topological polar surface area (TPSA) is 69.7 Å². The maximum atomic E-state index is 11.8.